The molecule has 2 aliphatic carbocycles. The number of amides is 2. The fourth-order valence-corrected chi connectivity index (χ4v) is 4.70. The van der Waals surface area contributed by atoms with Crippen molar-refractivity contribution in [1.29, 1.82) is 0 Å². The Hall–Kier alpha value is -3.49. The van der Waals surface area contributed by atoms with Crippen molar-refractivity contribution in [2.75, 3.05) is 6.61 Å². The predicted molar refractivity (Wildman–Crippen MR) is 125 cm³/mol. The Morgan fingerprint density at radius 1 is 1.15 bits per heavy atom. The average Bonchev–Trinajstić information content (AvgIpc) is 3.42. The van der Waals surface area contributed by atoms with Crippen LogP contribution in [0, 0.1) is 18.7 Å². The van der Waals surface area contributed by atoms with Gasteiger partial charge in [-0.1, -0.05) is 0 Å². The van der Waals surface area contributed by atoms with Gasteiger partial charge in [0.1, 0.15) is 29.1 Å². The lowest BCUT2D eigenvalue weighted by Crippen LogP contribution is -2.36. The number of carbonyl (C=O) groups is 2. The summed E-state index contributed by atoms with van der Waals surface area (Å²) in [5.41, 5.74) is 3.16. The molecule has 2 aliphatic rings. The van der Waals surface area contributed by atoms with Gasteiger partial charge in [0.25, 0.3) is 5.91 Å². The zero-order valence-corrected chi connectivity index (χ0v) is 19.3. The van der Waals surface area contributed by atoms with Crippen LogP contribution in [-0.2, 0) is 4.79 Å². The highest BCUT2D eigenvalue weighted by Crippen LogP contribution is 2.37. The van der Waals surface area contributed by atoms with E-state index in [1.165, 1.54) is 25.4 Å². The van der Waals surface area contributed by atoms with E-state index in [2.05, 4.69) is 25.6 Å². The second-order valence-corrected chi connectivity index (χ2v) is 9.35. The quantitative estimate of drug-likeness (QED) is 0.494. The van der Waals surface area contributed by atoms with E-state index >= 15 is 0 Å². The number of H-pyrrole nitrogens is 1. The Kier molecular flexibility index (Phi) is 5.93. The first-order valence-electron chi connectivity index (χ1n) is 11.7. The minimum absolute atomic E-state index is 0.0272. The van der Waals surface area contributed by atoms with Gasteiger partial charge in [-0.3, -0.25) is 9.59 Å². The van der Waals surface area contributed by atoms with Crippen molar-refractivity contribution in [1.82, 2.24) is 25.6 Å². The number of rotatable bonds is 7. The van der Waals surface area contributed by atoms with Gasteiger partial charge in [-0.05, 0) is 63.1 Å². The van der Waals surface area contributed by atoms with E-state index in [0.29, 0.717) is 58.2 Å². The first kappa shape index (κ1) is 22.3. The van der Waals surface area contributed by atoms with E-state index in [-0.39, 0.29) is 23.9 Å². The lowest BCUT2D eigenvalue weighted by atomic mass is 10.1. The fourth-order valence-electron chi connectivity index (χ4n) is 4.70. The molecule has 3 N–H and O–H groups in total. The number of aromatic nitrogens is 3. The van der Waals surface area contributed by atoms with Crippen molar-refractivity contribution >= 4 is 22.8 Å². The van der Waals surface area contributed by atoms with Gasteiger partial charge in [-0.15, -0.1) is 0 Å². The standard InChI is InChI=1S/C25H28FN5O3/c1-13-21(25(33)31-18-7-6-17(10-18)30-14(2)32)23-24(29-13)22(27-12-28-23)19-9-16(26)5-8-20(19)34-11-15-3-4-15/h5,8-9,12,15,17-18,29H,3-4,6-7,10-11H2,1-2H3,(H,30,32)(H,31,33)/t17-,18+/m1/s1. The van der Waals surface area contributed by atoms with Gasteiger partial charge in [-0.25, -0.2) is 14.4 Å². The smallest absolute Gasteiger partial charge is 0.255 e. The number of hydrogen-bond acceptors (Lipinski definition) is 5. The minimum Gasteiger partial charge on any atom is -0.493 e. The van der Waals surface area contributed by atoms with Crippen molar-refractivity contribution in [3.63, 3.8) is 0 Å². The molecule has 2 heterocycles. The van der Waals surface area contributed by atoms with E-state index in [1.54, 1.807) is 6.07 Å². The van der Waals surface area contributed by atoms with Gasteiger partial charge in [0.15, 0.2) is 0 Å². The van der Waals surface area contributed by atoms with Gasteiger partial charge < -0.3 is 20.4 Å². The summed E-state index contributed by atoms with van der Waals surface area (Å²) in [6, 6.07) is 4.44. The van der Waals surface area contributed by atoms with Crippen LogP contribution < -0.4 is 15.4 Å². The topological polar surface area (TPSA) is 109 Å². The van der Waals surface area contributed by atoms with Crippen LogP contribution in [-0.4, -0.2) is 45.5 Å². The third-order valence-electron chi connectivity index (χ3n) is 6.54. The number of benzene rings is 1. The van der Waals surface area contributed by atoms with Crippen LogP contribution in [0.5, 0.6) is 5.75 Å². The number of nitrogens with one attached hydrogen (secondary N) is 3. The molecule has 8 nitrogen and oxygen atoms in total. The number of fused-ring (bicyclic) bond motifs is 1. The summed E-state index contributed by atoms with van der Waals surface area (Å²) in [5.74, 6) is 0.420. The molecule has 178 valence electrons. The summed E-state index contributed by atoms with van der Waals surface area (Å²) in [4.78, 5) is 36.6. The Bertz CT molecular complexity index is 1250. The molecule has 0 radical (unpaired) electrons. The highest BCUT2D eigenvalue weighted by molar-refractivity contribution is 6.09. The first-order valence-corrected chi connectivity index (χ1v) is 11.7. The summed E-state index contributed by atoms with van der Waals surface area (Å²) in [7, 11) is 0. The maximum atomic E-state index is 14.2. The summed E-state index contributed by atoms with van der Waals surface area (Å²) >= 11 is 0. The molecular weight excluding hydrogens is 437 g/mol. The fraction of sp³-hybridized carbons (Fsp3) is 0.440. The number of carbonyl (C=O) groups excluding carboxylic acids is 2. The summed E-state index contributed by atoms with van der Waals surface area (Å²) in [5, 5.41) is 6.00. The monoisotopic (exact) mass is 465 g/mol. The van der Waals surface area contributed by atoms with Crippen LogP contribution in [0.3, 0.4) is 0 Å². The van der Waals surface area contributed by atoms with Crippen molar-refractivity contribution in [3.05, 3.63) is 41.6 Å². The first-order chi connectivity index (χ1) is 16.4. The number of nitrogens with zero attached hydrogens (tertiary/aromatic N) is 2. The molecule has 2 aromatic heterocycles. The lowest BCUT2D eigenvalue weighted by molar-refractivity contribution is -0.119. The molecular formula is C25H28FN5O3. The van der Waals surface area contributed by atoms with Gasteiger partial charge in [-0.2, -0.15) is 0 Å². The normalized spacial score (nSPS) is 19.9. The van der Waals surface area contributed by atoms with Gasteiger partial charge in [0.2, 0.25) is 5.91 Å². The van der Waals surface area contributed by atoms with Crippen LogP contribution in [0.2, 0.25) is 0 Å². The molecule has 0 spiro atoms. The average molecular weight is 466 g/mol. The summed E-state index contributed by atoms with van der Waals surface area (Å²) in [6.45, 7) is 3.90. The number of hydrogen-bond donors (Lipinski definition) is 3. The largest absolute Gasteiger partial charge is 0.493 e. The lowest BCUT2D eigenvalue weighted by Gasteiger charge is -2.14. The zero-order valence-electron chi connectivity index (χ0n) is 19.3. The molecule has 1 aromatic carbocycles. The molecule has 0 bridgehead atoms. The van der Waals surface area contributed by atoms with Crippen LogP contribution in [0.15, 0.2) is 24.5 Å². The Morgan fingerprint density at radius 3 is 2.65 bits per heavy atom. The van der Waals surface area contributed by atoms with Gasteiger partial charge in [0.05, 0.1) is 17.7 Å². The van der Waals surface area contributed by atoms with Crippen molar-refractivity contribution < 1.29 is 18.7 Å². The molecule has 0 unspecified atom stereocenters. The van der Waals surface area contributed by atoms with E-state index in [4.69, 9.17) is 4.74 Å². The molecule has 34 heavy (non-hydrogen) atoms. The van der Waals surface area contributed by atoms with Crippen molar-refractivity contribution in [2.24, 2.45) is 5.92 Å². The maximum Gasteiger partial charge on any atom is 0.255 e. The van der Waals surface area contributed by atoms with E-state index in [9.17, 15) is 14.0 Å². The van der Waals surface area contributed by atoms with Crippen LogP contribution in [0.1, 0.15) is 55.1 Å². The Labute approximate surface area is 196 Å². The molecule has 2 amide bonds. The second kappa shape index (κ2) is 9.04. The number of aromatic amines is 1. The number of halogens is 1. The van der Waals surface area contributed by atoms with Crippen molar-refractivity contribution in [2.45, 2.75) is 58.0 Å². The van der Waals surface area contributed by atoms with Crippen LogP contribution in [0.4, 0.5) is 4.39 Å². The number of ether oxygens (including phenoxy) is 1. The maximum absolute atomic E-state index is 14.2. The highest BCUT2D eigenvalue weighted by Gasteiger charge is 2.29. The molecule has 0 aliphatic heterocycles. The molecule has 2 atom stereocenters. The van der Waals surface area contributed by atoms with E-state index in [0.717, 1.165) is 25.7 Å². The molecule has 0 saturated heterocycles. The van der Waals surface area contributed by atoms with Gasteiger partial charge in [0, 0.05) is 30.3 Å². The third kappa shape index (κ3) is 4.60. The minimum atomic E-state index is -0.392. The molecule has 5 rings (SSSR count). The third-order valence-corrected chi connectivity index (χ3v) is 6.54. The summed E-state index contributed by atoms with van der Waals surface area (Å²) in [6.07, 6.45) is 6.00. The van der Waals surface area contributed by atoms with Crippen LogP contribution in [0.25, 0.3) is 22.3 Å². The zero-order chi connectivity index (χ0) is 23.8. The van der Waals surface area contributed by atoms with Gasteiger partial charge >= 0.3 is 0 Å². The van der Waals surface area contributed by atoms with E-state index < -0.39 is 5.82 Å². The summed E-state index contributed by atoms with van der Waals surface area (Å²) < 4.78 is 20.2. The molecule has 2 fully saturated rings. The molecule has 3 aromatic rings. The predicted octanol–water partition coefficient (Wildman–Crippen LogP) is 3.65. The number of aryl methyl sites for hydroxylation is 1. The highest BCUT2D eigenvalue weighted by atomic mass is 19.1. The van der Waals surface area contributed by atoms with E-state index in [1.807, 2.05) is 6.92 Å². The molecule has 2 saturated carbocycles. The molecule has 9 heteroatoms. The SMILES string of the molecule is CC(=O)N[C@@H]1CC[C@H](NC(=O)c2c(C)[nH]c3c(-c4cc(F)ccc4OCC4CC4)ncnc23)C1. The Balaban J connectivity index is 1.44. The van der Waals surface area contributed by atoms with Crippen molar-refractivity contribution in [3.8, 4) is 17.0 Å². The Morgan fingerprint density at radius 2 is 1.91 bits per heavy atom. The second-order valence-electron chi connectivity index (χ2n) is 9.35. The van der Waals surface area contributed by atoms with Crippen LogP contribution >= 0.6 is 0 Å².